The molecule has 1 aliphatic heterocycles. The van der Waals surface area contributed by atoms with Crippen LogP contribution in [0.4, 0.5) is 0 Å². The molecule has 7 aromatic carbocycles. The third-order valence-corrected chi connectivity index (χ3v) is 10.9. The van der Waals surface area contributed by atoms with Gasteiger partial charge >= 0.3 is 0 Å². The minimum absolute atomic E-state index is 0.554. The zero-order valence-electron chi connectivity index (χ0n) is 27.6. The lowest BCUT2D eigenvalue weighted by Crippen LogP contribution is -2.32. The Bertz CT molecular complexity index is 2730. The monoisotopic (exact) mass is 650 g/mol. The molecule has 0 saturated heterocycles. The molecule has 0 atom stereocenters. The van der Waals surface area contributed by atoms with E-state index >= 15 is 0 Å². The Balaban J connectivity index is 1.27. The summed E-state index contributed by atoms with van der Waals surface area (Å²) in [5, 5.41) is 2.29. The lowest BCUT2D eigenvalue weighted by atomic mass is 9.66. The lowest BCUT2D eigenvalue weighted by Gasteiger charge is -2.39. The summed E-state index contributed by atoms with van der Waals surface area (Å²) in [5.74, 6) is 2.65. The van der Waals surface area contributed by atoms with Gasteiger partial charge in [-0.2, -0.15) is 0 Å². The maximum absolute atomic E-state index is 6.90. The summed E-state index contributed by atoms with van der Waals surface area (Å²) in [6.45, 7) is 0. The summed E-state index contributed by atoms with van der Waals surface area (Å²) in [4.78, 5) is 5.41. The van der Waals surface area contributed by atoms with Crippen LogP contribution in [-0.4, -0.2) is 9.55 Å². The van der Waals surface area contributed by atoms with E-state index < -0.39 is 5.41 Å². The van der Waals surface area contributed by atoms with Gasteiger partial charge in [0.15, 0.2) is 0 Å². The van der Waals surface area contributed by atoms with Gasteiger partial charge in [-0.1, -0.05) is 146 Å². The lowest BCUT2D eigenvalue weighted by molar-refractivity contribution is 0.437. The SMILES string of the molecule is c1ccc(-c2cc(-c3ccccc3)nc(-n3c4ccccc4c4cc5c(cc43)C3(c4ccccc4O5)c4ccccc4-c4ccccc43)c2)cc1. The van der Waals surface area contributed by atoms with Crippen molar-refractivity contribution in [3.8, 4) is 50.8 Å². The normalized spacial score (nSPS) is 13.4. The van der Waals surface area contributed by atoms with Gasteiger partial charge in [-0.15, -0.1) is 0 Å². The number of pyridine rings is 1. The summed E-state index contributed by atoms with van der Waals surface area (Å²) in [6, 6.07) is 65.2. The number of hydrogen-bond donors (Lipinski definition) is 0. The number of hydrogen-bond acceptors (Lipinski definition) is 2. The van der Waals surface area contributed by atoms with Crippen LogP contribution in [0.3, 0.4) is 0 Å². The molecular formula is C48H30N2O. The zero-order valence-corrected chi connectivity index (χ0v) is 27.6. The van der Waals surface area contributed by atoms with E-state index in [1.54, 1.807) is 0 Å². The molecule has 1 spiro atoms. The molecule has 0 unspecified atom stereocenters. The van der Waals surface area contributed by atoms with Crippen LogP contribution in [0.2, 0.25) is 0 Å². The number of ether oxygens (including phenoxy) is 1. The predicted octanol–water partition coefficient (Wildman–Crippen LogP) is 12.0. The van der Waals surface area contributed by atoms with Crippen LogP contribution >= 0.6 is 0 Å². The van der Waals surface area contributed by atoms with Gasteiger partial charge in [-0.25, -0.2) is 4.98 Å². The highest BCUT2D eigenvalue weighted by atomic mass is 16.5. The van der Waals surface area contributed by atoms with Crippen molar-refractivity contribution < 1.29 is 4.74 Å². The largest absolute Gasteiger partial charge is 0.457 e. The fourth-order valence-corrected chi connectivity index (χ4v) is 8.75. The fourth-order valence-electron chi connectivity index (χ4n) is 8.75. The van der Waals surface area contributed by atoms with Crippen molar-refractivity contribution >= 4 is 21.8 Å². The number of para-hydroxylation sites is 2. The molecule has 0 fully saturated rings. The maximum atomic E-state index is 6.90. The second-order valence-corrected chi connectivity index (χ2v) is 13.5. The Morgan fingerprint density at radius 2 is 1.02 bits per heavy atom. The highest BCUT2D eigenvalue weighted by Crippen LogP contribution is 2.62. The molecule has 9 aromatic rings. The summed E-state index contributed by atoms with van der Waals surface area (Å²) in [7, 11) is 0. The summed E-state index contributed by atoms with van der Waals surface area (Å²) >= 11 is 0. The third kappa shape index (κ3) is 3.92. The minimum atomic E-state index is -0.554. The van der Waals surface area contributed by atoms with E-state index in [1.807, 2.05) is 0 Å². The van der Waals surface area contributed by atoms with Gasteiger partial charge in [0.25, 0.3) is 0 Å². The molecule has 0 bridgehead atoms. The molecule has 1 aliphatic carbocycles. The van der Waals surface area contributed by atoms with Crippen molar-refractivity contribution in [3.05, 3.63) is 204 Å². The Hall–Kier alpha value is -6.71. The number of aromatic nitrogens is 2. The summed E-state index contributed by atoms with van der Waals surface area (Å²) in [6.07, 6.45) is 0. The number of fused-ring (bicyclic) bond motifs is 12. The topological polar surface area (TPSA) is 27.1 Å². The van der Waals surface area contributed by atoms with Crippen molar-refractivity contribution in [2.45, 2.75) is 5.41 Å². The highest BCUT2D eigenvalue weighted by Gasteiger charge is 2.51. The Morgan fingerprint density at radius 1 is 0.412 bits per heavy atom. The molecular weight excluding hydrogens is 621 g/mol. The van der Waals surface area contributed by atoms with Gasteiger partial charge in [0.05, 0.1) is 22.1 Å². The first-order chi connectivity index (χ1) is 25.3. The van der Waals surface area contributed by atoms with Crippen LogP contribution in [0.15, 0.2) is 182 Å². The van der Waals surface area contributed by atoms with Gasteiger partial charge < -0.3 is 4.74 Å². The van der Waals surface area contributed by atoms with Crippen LogP contribution in [0.5, 0.6) is 11.5 Å². The molecule has 51 heavy (non-hydrogen) atoms. The molecule has 3 heteroatoms. The van der Waals surface area contributed by atoms with Crippen molar-refractivity contribution in [2.24, 2.45) is 0 Å². The van der Waals surface area contributed by atoms with E-state index in [9.17, 15) is 0 Å². The van der Waals surface area contributed by atoms with E-state index in [-0.39, 0.29) is 0 Å². The third-order valence-electron chi connectivity index (χ3n) is 10.9. The Morgan fingerprint density at radius 3 is 1.76 bits per heavy atom. The fraction of sp³-hybridized carbons (Fsp3) is 0.0208. The first-order valence-corrected chi connectivity index (χ1v) is 17.5. The standard InChI is InChI=1S/C48H30N2O/c1-3-15-31(16-4-1)33-27-42(32-17-5-2-6-18-32)49-47(28-33)50-43-25-13-9-21-36(43)37-29-46-41(30-44(37)50)48(40-24-12-14-26-45(40)51-46)38-22-10-7-19-34(38)35-20-8-11-23-39(35)48/h1-30H. The van der Waals surface area contributed by atoms with Crippen LogP contribution in [0, 0.1) is 0 Å². The molecule has 0 radical (unpaired) electrons. The molecule has 238 valence electrons. The second kappa shape index (κ2) is 10.6. The number of nitrogens with zero attached hydrogens (tertiary/aromatic N) is 2. The molecule has 3 nitrogen and oxygen atoms in total. The van der Waals surface area contributed by atoms with Crippen LogP contribution in [0.25, 0.3) is 61.1 Å². The molecule has 0 N–H and O–H groups in total. The number of rotatable bonds is 3. The van der Waals surface area contributed by atoms with E-state index in [1.165, 1.54) is 22.3 Å². The smallest absolute Gasteiger partial charge is 0.138 e. The van der Waals surface area contributed by atoms with E-state index in [0.717, 1.165) is 72.6 Å². The maximum Gasteiger partial charge on any atom is 0.138 e. The van der Waals surface area contributed by atoms with E-state index in [2.05, 4.69) is 187 Å². The molecule has 0 amide bonds. The minimum Gasteiger partial charge on any atom is -0.457 e. The van der Waals surface area contributed by atoms with Crippen molar-refractivity contribution in [1.82, 2.24) is 9.55 Å². The van der Waals surface area contributed by atoms with Gasteiger partial charge in [0.1, 0.15) is 17.3 Å². The molecule has 0 saturated carbocycles. The van der Waals surface area contributed by atoms with E-state index in [4.69, 9.17) is 9.72 Å². The highest BCUT2D eigenvalue weighted by molar-refractivity contribution is 6.10. The zero-order chi connectivity index (χ0) is 33.5. The second-order valence-electron chi connectivity index (χ2n) is 13.5. The average Bonchev–Trinajstić information content (AvgIpc) is 3.68. The van der Waals surface area contributed by atoms with Crippen molar-refractivity contribution in [2.75, 3.05) is 0 Å². The van der Waals surface area contributed by atoms with Crippen LogP contribution in [0.1, 0.15) is 22.3 Å². The van der Waals surface area contributed by atoms with Gasteiger partial charge in [-0.05, 0) is 69.8 Å². The van der Waals surface area contributed by atoms with Crippen molar-refractivity contribution in [1.29, 1.82) is 0 Å². The average molecular weight is 651 g/mol. The molecule has 2 aliphatic rings. The predicted molar refractivity (Wildman–Crippen MR) is 207 cm³/mol. The summed E-state index contributed by atoms with van der Waals surface area (Å²) in [5.41, 5.74) is 13.3. The van der Waals surface area contributed by atoms with Crippen LogP contribution < -0.4 is 4.74 Å². The first kappa shape index (κ1) is 28.2. The molecule has 3 heterocycles. The van der Waals surface area contributed by atoms with E-state index in [0.29, 0.717) is 0 Å². The number of benzene rings is 7. The van der Waals surface area contributed by atoms with Gasteiger partial charge in [0, 0.05) is 27.5 Å². The Labute approximate surface area is 295 Å². The first-order valence-electron chi connectivity index (χ1n) is 17.5. The van der Waals surface area contributed by atoms with Crippen LogP contribution in [-0.2, 0) is 5.41 Å². The Kier molecular flexibility index (Phi) is 5.88. The van der Waals surface area contributed by atoms with Gasteiger partial charge in [-0.3, -0.25) is 4.57 Å². The quantitative estimate of drug-likeness (QED) is 0.190. The summed E-state index contributed by atoms with van der Waals surface area (Å²) < 4.78 is 9.25. The van der Waals surface area contributed by atoms with Gasteiger partial charge in [0.2, 0.25) is 0 Å². The molecule has 2 aromatic heterocycles. The molecule has 11 rings (SSSR count). The van der Waals surface area contributed by atoms with Crippen molar-refractivity contribution in [3.63, 3.8) is 0 Å².